The van der Waals surface area contributed by atoms with Gasteiger partial charge in [0.15, 0.2) is 0 Å². The van der Waals surface area contributed by atoms with E-state index in [0.717, 1.165) is 42.7 Å². The number of nitrogens with one attached hydrogen (secondary N) is 1. The summed E-state index contributed by atoms with van der Waals surface area (Å²) in [5.41, 5.74) is 2.91. The molecule has 30 heavy (non-hydrogen) atoms. The Labute approximate surface area is 177 Å². The molecule has 2 aliphatic carbocycles. The Morgan fingerprint density at radius 1 is 1.27 bits per heavy atom. The van der Waals surface area contributed by atoms with Crippen LogP contribution in [0.5, 0.6) is 0 Å². The lowest BCUT2D eigenvalue weighted by Gasteiger charge is -2.39. The number of benzene rings is 1. The molecule has 160 valence electrons. The number of amides is 1. The van der Waals surface area contributed by atoms with Gasteiger partial charge in [0.1, 0.15) is 5.82 Å². The summed E-state index contributed by atoms with van der Waals surface area (Å²) in [4.78, 5) is 35.5. The standard InChI is InChI=1S/C24H31N3O3/c1-5-30-22(29)17-9-16(17)20-25-18-7-6-14(8-19(18)26-20)21(28)27-13-24(4)11-15(27)10-23(2,3)12-24/h6-8,15-17H,5,9-13H2,1-4H3,(H,25,26). The van der Waals surface area contributed by atoms with Crippen LogP contribution in [0.4, 0.5) is 0 Å². The van der Waals surface area contributed by atoms with Gasteiger partial charge in [-0.1, -0.05) is 20.8 Å². The van der Waals surface area contributed by atoms with Gasteiger partial charge in [-0.15, -0.1) is 0 Å². The highest BCUT2D eigenvalue weighted by molar-refractivity contribution is 5.97. The van der Waals surface area contributed by atoms with Crippen LogP contribution in [0, 0.1) is 16.7 Å². The number of aromatic amines is 1. The molecule has 3 fully saturated rings. The molecule has 4 atom stereocenters. The maximum atomic E-state index is 13.4. The maximum absolute atomic E-state index is 13.4. The highest BCUT2D eigenvalue weighted by Gasteiger charge is 2.51. The van der Waals surface area contributed by atoms with Crippen molar-refractivity contribution in [3.63, 3.8) is 0 Å². The Bertz CT molecular complexity index is 1030. The molecule has 0 radical (unpaired) electrons. The van der Waals surface area contributed by atoms with E-state index in [0.29, 0.717) is 18.2 Å². The average molecular weight is 410 g/mol. The van der Waals surface area contributed by atoms with Crippen molar-refractivity contribution in [2.24, 2.45) is 16.7 Å². The number of aromatic nitrogens is 2. The number of nitrogens with zero attached hydrogens (tertiary/aromatic N) is 2. The first-order valence-corrected chi connectivity index (χ1v) is 11.2. The van der Waals surface area contributed by atoms with Gasteiger partial charge in [-0.05, 0) is 61.6 Å². The number of ether oxygens (including phenoxy) is 1. The fraction of sp³-hybridized carbons (Fsp3) is 0.625. The van der Waals surface area contributed by atoms with Crippen LogP contribution in [0.25, 0.3) is 11.0 Å². The van der Waals surface area contributed by atoms with Crippen LogP contribution in [-0.4, -0.2) is 45.9 Å². The summed E-state index contributed by atoms with van der Waals surface area (Å²) in [6.45, 7) is 10.0. The third kappa shape index (κ3) is 3.30. The molecule has 2 aromatic rings. The lowest BCUT2D eigenvalue weighted by atomic mass is 9.65. The van der Waals surface area contributed by atoms with Crippen LogP contribution >= 0.6 is 0 Å². The number of esters is 1. The number of carbonyl (C=O) groups excluding carboxylic acids is 2. The van der Waals surface area contributed by atoms with E-state index in [9.17, 15) is 9.59 Å². The number of H-pyrrole nitrogens is 1. The quantitative estimate of drug-likeness (QED) is 0.765. The van der Waals surface area contributed by atoms with Crippen molar-refractivity contribution in [1.29, 1.82) is 0 Å². The van der Waals surface area contributed by atoms with E-state index < -0.39 is 0 Å². The van der Waals surface area contributed by atoms with Gasteiger partial charge < -0.3 is 14.6 Å². The predicted molar refractivity (Wildman–Crippen MR) is 114 cm³/mol. The third-order valence-corrected chi connectivity index (χ3v) is 7.15. The third-order valence-electron chi connectivity index (χ3n) is 7.15. The number of carbonyl (C=O) groups is 2. The predicted octanol–water partition coefficient (Wildman–Crippen LogP) is 4.27. The topological polar surface area (TPSA) is 75.3 Å². The number of hydrogen-bond acceptors (Lipinski definition) is 4. The summed E-state index contributed by atoms with van der Waals surface area (Å²) in [5.74, 6) is 0.785. The van der Waals surface area contributed by atoms with E-state index in [1.165, 1.54) is 6.42 Å². The van der Waals surface area contributed by atoms with Crippen LogP contribution in [0.15, 0.2) is 18.2 Å². The van der Waals surface area contributed by atoms with Crippen LogP contribution in [0.1, 0.15) is 75.5 Å². The average Bonchev–Trinajstić information content (AvgIpc) is 3.28. The number of rotatable bonds is 4. The fourth-order valence-electron chi connectivity index (χ4n) is 6.20. The zero-order valence-electron chi connectivity index (χ0n) is 18.3. The van der Waals surface area contributed by atoms with Gasteiger partial charge in [-0.2, -0.15) is 0 Å². The van der Waals surface area contributed by atoms with E-state index in [4.69, 9.17) is 9.72 Å². The Hall–Kier alpha value is -2.37. The second-order valence-corrected chi connectivity index (χ2v) is 10.7. The minimum Gasteiger partial charge on any atom is -0.466 e. The molecule has 1 aromatic carbocycles. The van der Waals surface area contributed by atoms with Crippen LogP contribution < -0.4 is 0 Å². The second kappa shape index (κ2) is 6.56. The summed E-state index contributed by atoms with van der Waals surface area (Å²) in [6.07, 6.45) is 4.12. The van der Waals surface area contributed by atoms with Crippen molar-refractivity contribution in [2.75, 3.05) is 13.2 Å². The van der Waals surface area contributed by atoms with Crippen molar-refractivity contribution in [1.82, 2.24) is 14.9 Å². The molecular formula is C24H31N3O3. The summed E-state index contributed by atoms with van der Waals surface area (Å²) in [5, 5.41) is 0. The Morgan fingerprint density at radius 3 is 2.83 bits per heavy atom. The molecular weight excluding hydrogens is 378 g/mol. The Morgan fingerprint density at radius 2 is 2.07 bits per heavy atom. The molecule has 1 N–H and O–H groups in total. The number of imidazole rings is 1. The highest BCUT2D eigenvalue weighted by Crippen LogP contribution is 2.53. The van der Waals surface area contributed by atoms with Crippen LogP contribution in [0.2, 0.25) is 0 Å². The minimum absolute atomic E-state index is 0.0932. The zero-order chi connectivity index (χ0) is 21.3. The zero-order valence-corrected chi connectivity index (χ0v) is 18.3. The van der Waals surface area contributed by atoms with Crippen LogP contribution in [0.3, 0.4) is 0 Å². The van der Waals surface area contributed by atoms with Crippen molar-refractivity contribution in [3.8, 4) is 0 Å². The number of hydrogen-bond donors (Lipinski definition) is 1. The van der Waals surface area contributed by atoms with Crippen molar-refractivity contribution >= 4 is 22.9 Å². The van der Waals surface area contributed by atoms with Gasteiger partial charge in [0.25, 0.3) is 5.91 Å². The first kappa shape index (κ1) is 19.6. The molecule has 2 heterocycles. The highest BCUT2D eigenvalue weighted by atomic mass is 16.5. The Kier molecular flexibility index (Phi) is 4.28. The number of likely N-dealkylation sites (tertiary alicyclic amines) is 1. The Balaban J connectivity index is 1.36. The minimum atomic E-state index is -0.143. The fourth-order valence-corrected chi connectivity index (χ4v) is 6.20. The summed E-state index contributed by atoms with van der Waals surface area (Å²) in [6, 6.07) is 6.07. The van der Waals surface area contributed by atoms with E-state index in [2.05, 4.69) is 30.7 Å². The molecule has 0 spiro atoms. The van der Waals surface area contributed by atoms with E-state index in [-0.39, 0.29) is 34.5 Å². The van der Waals surface area contributed by atoms with Gasteiger partial charge in [0.05, 0.1) is 23.6 Å². The summed E-state index contributed by atoms with van der Waals surface area (Å²) in [7, 11) is 0. The smallest absolute Gasteiger partial charge is 0.309 e. The maximum Gasteiger partial charge on any atom is 0.309 e. The van der Waals surface area contributed by atoms with Gasteiger partial charge in [-0.25, -0.2) is 4.98 Å². The molecule has 1 aromatic heterocycles. The van der Waals surface area contributed by atoms with Crippen molar-refractivity contribution in [3.05, 3.63) is 29.6 Å². The summed E-state index contributed by atoms with van der Waals surface area (Å²) < 4.78 is 5.13. The lowest BCUT2D eigenvalue weighted by Crippen LogP contribution is -2.37. The molecule has 1 aliphatic heterocycles. The molecule has 3 aliphatic rings. The van der Waals surface area contributed by atoms with Gasteiger partial charge in [-0.3, -0.25) is 9.59 Å². The van der Waals surface area contributed by atoms with E-state index in [1.54, 1.807) is 0 Å². The molecule has 2 bridgehead atoms. The largest absolute Gasteiger partial charge is 0.466 e. The van der Waals surface area contributed by atoms with Crippen molar-refractivity contribution in [2.45, 2.75) is 65.3 Å². The molecule has 1 amide bonds. The molecule has 6 nitrogen and oxygen atoms in total. The van der Waals surface area contributed by atoms with Gasteiger partial charge >= 0.3 is 5.97 Å². The van der Waals surface area contributed by atoms with Crippen molar-refractivity contribution < 1.29 is 14.3 Å². The number of fused-ring (bicyclic) bond motifs is 3. The first-order chi connectivity index (χ1) is 14.2. The monoisotopic (exact) mass is 409 g/mol. The SMILES string of the molecule is CCOC(=O)C1CC1c1nc2cc(C(=O)N3CC4(C)CC3CC(C)(C)C4)ccc2[nH]1. The molecule has 6 heteroatoms. The molecule has 5 rings (SSSR count). The molecule has 4 unspecified atom stereocenters. The van der Waals surface area contributed by atoms with Gasteiger partial charge in [0, 0.05) is 24.1 Å². The molecule has 2 saturated carbocycles. The normalized spacial score (nSPS) is 31.7. The lowest BCUT2D eigenvalue weighted by molar-refractivity contribution is -0.144. The van der Waals surface area contributed by atoms with E-state index >= 15 is 0 Å². The first-order valence-electron chi connectivity index (χ1n) is 11.2. The second-order valence-electron chi connectivity index (χ2n) is 10.7. The van der Waals surface area contributed by atoms with Crippen LogP contribution in [-0.2, 0) is 9.53 Å². The van der Waals surface area contributed by atoms with Gasteiger partial charge in [0.2, 0.25) is 0 Å². The van der Waals surface area contributed by atoms with E-state index in [1.807, 2.05) is 25.1 Å². The molecule has 1 saturated heterocycles. The summed E-state index contributed by atoms with van der Waals surface area (Å²) >= 11 is 0.